The highest BCUT2D eigenvalue weighted by Gasteiger charge is 2.05. The van der Waals surface area contributed by atoms with Crippen LogP contribution in [0, 0.1) is 20.8 Å². The molecule has 0 unspecified atom stereocenters. The minimum absolute atomic E-state index is 0.778. The van der Waals surface area contributed by atoms with Crippen LogP contribution in [0.5, 0.6) is 0 Å². The zero-order chi connectivity index (χ0) is 11.0. The molecule has 2 rings (SSSR count). The standard InChI is InChI=1S/C12H13ClN2/c1-8-4-5-11(6-12(8)13)15-10(3)9(2)7-14-15/h4-7H,1-3H3. The number of benzene rings is 1. The van der Waals surface area contributed by atoms with Gasteiger partial charge in [0.15, 0.2) is 0 Å². The molecule has 0 N–H and O–H groups in total. The molecule has 0 spiro atoms. The fraction of sp³-hybridized carbons (Fsp3) is 0.250. The monoisotopic (exact) mass is 220 g/mol. The highest BCUT2D eigenvalue weighted by atomic mass is 35.5. The second-order valence-corrected chi connectivity index (χ2v) is 4.17. The van der Waals surface area contributed by atoms with E-state index in [0.29, 0.717) is 0 Å². The van der Waals surface area contributed by atoms with Gasteiger partial charge in [-0.05, 0) is 44.0 Å². The van der Waals surface area contributed by atoms with Crippen LogP contribution < -0.4 is 0 Å². The van der Waals surface area contributed by atoms with E-state index < -0.39 is 0 Å². The lowest BCUT2D eigenvalue weighted by molar-refractivity contribution is 0.845. The predicted molar refractivity (Wildman–Crippen MR) is 62.8 cm³/mol. The van der Waals surface area contributed by atoms with E-state index >= 15 is 0 Å². The number of hydrogen-bond donors (Lipinski definition) is 0. The topological polar surface area (TPSA) is 17.8 Å². The minimum atomic E-state index is 0.778. The van der Waals surface area contributed by atoms with Crippen LogP contribution in [-0.4, -0.2) is 9.78 Å². The third kappa shape index (κ3) is 1.77. The quantitative estimate of drug-likeness (QED) is 0.720. The molecular weight excluding hydrogens is 208 g/mol. The van der Waals surface area contributed by atoms with E-state index in [0.717, 1.165) is 22.0 Å². The van der Waals surface area contributed by atoms with Gasteiger partial charge in [-0.2, -0.15) is 5.10 Å². The van der Waals surface area contributed by atoms with Crippen molar-refractivity contribution in [1.82, 2.24) is 9.78 Å². The maximum atomic E-state index is 6.08. The van der Waals surface area contributed by atoms with Crippen molar-refractivity contribution in [2.75, 3.05) is 0 Å². The van der Waals surface area contributed by atoms with Gasteiger partial charge in [-0.1, -0.05) is 17.7 Å². The summed E-state index contributed by atoms with van der Waals surface area (Å²) in [4.78, 5) is 0. The number of aromatic nitrogens is 2. The highest BCUT2D eigenvalue weighted by Crippen LogP contribution is 2.20. The van der Waals surface area contributed by atoms with Crippen molar-refractivity contribution in [3.05, 3.63) is 46.2 Å². The van der Waals surface area contributed by atoms with Crippen LogP contribution >= 0.6 is 11.6 Å². The highest BCUT2D eigenvalue weighted by molar-refractivity contribution is 6.31. The van der Waals surface area contributed by atoms with Crippen molar-refractivity contribution in [2.24, 2.45) is 0 Å². The van der Waals surface area contributed by atoms with Gasteiger partial charge in [-0.3, -0.25) is 0 Å². The van der Waals surface area contributed by atoms with E-state index in [1.165, 1.54) is 5.56 Å². The molecule has 0 saturated carbocycles. The molecule has 0 bridgehead atoms. The molecule has 2 nitrogen and oxygen atoms in total. The van der Waals surface area contributed by atoms with Crippen LogP contribution in [0.25, 0.3) is 5.69 Å². The molecule has 0 amide bonds. The van der Waals surface area contributed by atoms with E-state index in [1.807, 2.05) is 36.0 Å². The van der Waals surface area contributed by atoms with Gasteiger partial charge in [0.1, 0.15) is 0 Å². The van der Waals surface area contributed by atoms with Gasteiger partial charge in [0.05, 0.1) is 11.9 Å². The second-order valence-electron chi connectivity index (χ2n) is 3.76. The Morgan fingerprint density at radius 3 is 2.40 bits per heavy atom. The number of aryl methyl sites for hydroxylation is 2. The lowest BCUT2D eigenvalue weighted by atomic mass is 10.2. The third-order valence-electron chi connectivity index (χ3n) is 2.66. The Morgan fingerprint density at radius 2 is 1.87 bits per heavy atom. The first-order chi connectivity index (χ1) is 7.09. The number of nitrogens with zero attached hydrogens (tertiary/aromatic N) is 2. The van der Waals surface area contributed by atoms with E-state index in [-0.39, 0.29) is 0 Å². The second kappa shape index (κ2) is 3.70. The first kappa shape index (κ1) is 10.2. The maximum Gasteiger partial charge on any atom is 0.0663 e. The first-order valence-electron chi connectivity index (χ1n) is 4.87. The van der Waals surface area contributed by atoms with Crippen LogP contribution in [0.4, 0.5) is 0 Å². The summed E-state index contributed by atoms with van der Waals surface area (Å²) in [5, 5.41) is 5.09. The van der Waals surface area contributed by atoms with E-state index in [4.69, 9.17) is 11.6 Å². The molecule has 0 atom stereocenters. The summed E-state index contributed by atoms with van der Waals surface area (Å²) >= 11 is 6.08. The molecular formula is C12H13ClN2. The lowest BCUT2D eigenvalue weighted by Gasteiger charge is -2.06. The molecule has 15 heavy (non-hydrogen) atoms. The zero-order valence-corrected chi connectivity index (χ0v) is 9.84. The Bertz CT molecular complexity index is 500. The van der Waals surface area contributed by atoms with Crippen LogP contribution in [0.3, 0.4) is 0 Å². The average Bonchev–Trinajstić information content (AvgIpc) is 2.53. The van der Waals surface area contributed by atoms with Gasteiger partial charge in [-0.15, -0.1) is 0 Å². The summed E-state index contributed by atoms with van der Waals surface area (Å²) < 4.78 is 1.90. The van der Waals surface area contributed by atoms with Crippen molar-refractivity contribution < 1.29 is 0 Å². The van der Waals surface area contributed by atoms with Crippen LogP contribution in [0.2, 0.25) is 5.02 Å². The van der Waals surface area contributed by atoms with Crippen LogP contribution in [-0.2, 0) is 0 Å². The summed E-state index contributed by atoms with van der Waals surface area (Å²) in [5.41, 5.74) is 4.43. The molecule has 0 fully saturated rings. The Hall–Kier alpha value is -1.28. The van der Waals surface area contributed by atoms with Crippen LogP contribution in [0.15, 0.2) is 24.4 Å². The van der Waals surface area contributed by atoms with E-state index in [1.54, 1.807) is 0 Å². The summed E-state index contributed by atoms with van der Waals surface area (Å²) in [6.45, 7) is 6.10. The smallest absolute Gasteiger partial charge is 0.0663 e. The zero-order valence-electron chi connectivity index (χ0n) is 9.08. The molecule has 0 aliphatic rings. The SMILES string of the molecule is Cc1ccc(-n2ncc(C)c2C)cc1Cl. The third-order valence-corrected chi connectivity index (χ3v) is 3.06. The summed E-state index contributed by atoms with van der Waals surface area (Å²) in [6, 6.07) is 5.98. The predicted octanol–water partition coefficient (Wildman–Crippen LogP) is 3.45. The molecule has 3 heteroatoms. The van der Waals surface area contributed by atoms with Gasteiger partial charge in [0.2, 0.25) is 0 Å². The summed E-state index contributed by atoms with van der Waals surface area (Å²) in [5.74, 6) is 0. The molecule has 0 aliphatic heterocycles. The van der Waals surface area contributed by atoms with Gasteiger partial charge in [-0.25, -0.2) is 4.68 Å². The van der Waals surface area contributed by atoms with Gasteiger partial charge in [0.25, 0.3) is 0 Å². The average molecular weight is 221 g/mol. The van der Waals surface area contributed by atoms with Crippen molar-refractivity contribution >= 4 is 11.6 Å². The van der Waals surface area contributed by atoms with Crippen molar-refractivity contribution in [1.29, 1.82) is 0 Å². The Labute approximate surface area is 94.5 Å². The fourth-order valence-electron chi connectivity index (χ4n) is 1.47. The Kier molecular flexibility index (Phi) is 2.53. The molecule has 1 heterocycles. The first-order valence-corrected chi connectivity index (χ1v) is 5.25. The normalized spacial score (nSPS) is 10.7. The Balaban J connectivity index is 2.55. The number of halogens is 1. The van der Waals surface area contributed by atoms with E-state index in [2.05, 4.69) is 18.9 Å². The Morgan fingerprint density at radius 1 is 1.13 bits per heavy atom. The molecule has 2 aromatic rings. The fourth-order valence-corrected chi connectivity index (χ4v) is 1.64. The number of hydrogen-bond acceptors (Lipinski definition) is 1. The van der Waals surface area contributed by atoms with Crippen molar-refractivity contribution in [3.8, 4) is 5.69 Å². The molecule has 0 aliphatic carbocycles. The largest absolute Gasteiger partial charge is 0.238 e. The maximum absolute atomic E-state index is 6.08. The minimum Gasteiger partial charge on any atom is -0.238 e. The van der Waals surface area contributed by atoms with E-state index in [9.17, 15) is 0 Å². The van der Waals surface area contributed by atoms with Crippen molar-refractivity contribution in [3.63, 3.8) is 0 Å². The molecule has 0 radical (unpaired) electrons. The van der Waals surface area contributed by atoms with Gasteiger partial charge < -0.3 is 0 Å². The van der Waals surface area contributed by atoms with Crippen molar-refractivity contribution in [2.45, 2.75) is 20.8 Å². The van der Waals surface area contributed by atoms with Crippen LogP contribution in [0.1, 0.15) is 16.8 Å². The summed E-state index contributed by atoms with van der Waals surface area (Å²) in [6.07, 6.45) is 1.86. The summed E-state index contributed by atoms with van der Waals surface area (Å²) in [7, 11) is 0. The molecule has 0 saturated heterocycles. The molecule has 78 valence electrons. The molecule has 1 aromatic heterocycles. The molecule has 1 aromatic carbocycles. The lowest BCUT2D eigenvalue weighted by Crippen LogP contribution is -1.99. The van der Waals surface area contributed by atoms with Gasteiger partial charge in [0, 0.05) is 10.7 Å². The number of rotatable bonds is 1. The van der Waals surface area contributed by atoms with Gasteiger partial charge >= 0.3 is 0 Å².